The highest BCUT2D eigenvalue weighted by Crippen LogP contribution is 2.29. The molecule has 0 bridgehead atoms. The highest BCUT2D eigenvalue weighted by molar-refractivity contribution is 6.28. The van der Waals surface area contributed by atoms with Gasteiger partial charge in [-0.15, -0.1) is 0 Å². The quantitative estimate of drug-likeness (QED) is 0.801. The Morgan fingerprint density at radius 1 is 1.37 bits per heavy atom. The minimum absolute atomic E-state index is 0.153. The summed E-state index contributed by atoms with van der Waals surface area (Å²) in [4.78, 5) is 24.6. The molecule has 0 aliphatic rings. The van der Waals surface area contributed by atoms with E-state index in [1.54, 1.807) is 33.8 Å². The van der Waals surface area contributed by atoms with Crippen molar-refractivity contribution in [3.8, 4) is 0 Å². The number of amides is 1. The summed E-state index contributed by atoms with van der Waals surface area (Å²) in [6.07, 6.45) is 0.00105. The molecule has 0 aliphatic carbocycles. The van der Waals surface area contributed by atoms with E-state index in [1.165, 1.54) is 18.0 Å². The van der Waals surface area contributed by atoms with Crippen LogP contribution in [0.2, 0.25) is 5.22 Å². The number of likely N-dealkylation sites (N-methyl/N-ethyl adjacent to an activating group) is 1. The Morgan fingerprint density at radius 3 is 2.32 bits per heavy atom. The van der Waals surface area contributed by atoms with E-state index in [0.717, 1.165) is 0 Å². The minimum Gasteiger partial charge on any atom is -0.447 e. The van der Waals surface area contributed by atoms with Gasteiger partial charge in [-0.25, -0.2) is 4.79 Å². The zero-order chi connectivity index (χ0) is 14.8. The van der Waals surface area contributed by atoms with Gasteiger partial charge in [-0.05, 0) is 51.4 Å². The summed E-state index contributed by atoms with van der Waals surface area (Å²) in [5.74, 6) is 0.279. The molecule has 1 atom stereocenters. The third kappa shape index (κ3) is 3.50. The number of hydrogen-bond acceptors (Lipinski definition) is 4. The predicted octanol–water partition coefficient (Wildman–Crippen LogP) is 3.21. The fraction of sp³-hybridized carbons (Fsp3) is 0.538. The third-order valence-corrected chi connectivity index (χ3v) is 2.87. The second-order valence-corrected chi connectivity index (χ2v) is 5.78. The Balaban J connectivity index is 3.02. The van der Waals surface area contributed by atoms with Crippen molar-refractivity contribution in [1.29, 1.82) is 0 Å². The monoisotopic (exact) mass is 287 g/mol. The Labute approximate surface area is 117 Å². The Bertz CT molecular complexity index is 477. The predicted molar refractivity (Wildman–Crippen MR) is 71.1 cm³/mol. The topological polar surface area (TPSA) is 59.8 Å². The Hall–Kier alpha value is -1.49. The smallest absolute Gasteiger partial charge is 0.411 e. The molecule has 1 amide bonds. The van der Waals surface area contributed by atoms with Gasteiger partial charge in [0.15, 0.2) is 17.0 Å². The molecule has 0 N–H and O–H groups in total. The van der Waals surface area contributed by atoms with Crippen LogP contribution >= 0.6 is 11.6 Å². The van der Waals surface area contributed by atoms with Crippen LogP contribution in [0.3, 0.4) is 0 Å². The van der Waals surface area contributed by atoms with Gasteiger partial charge in [0.25, 0.3) is 0 Å². The van der Waals surface area contributed by atoms with Crippen LogP contribution in [0.15, 0.2) is 16.5 Å². The number of furan rings is 1. The van der Waals surface area contributed by atoms with E-state index in [9.17, 15) is 9.59 Å². The van der Waals surface area contributed by atoms with E-state index in [4.69, 9.17) is 20.8 Å². The number of nitrogens with zero attached hydrogens (tertiary/aromatic N) is 1. The average molecular weight is 288 g/mol. The van der Waals surface area contributed by atoms with Crippen molar-refractivity contribution >= 4 is 24.0 Å². The third-order valence-electron chi connectivity index (χ3n) is 2.67. The number of halogens is 1. The minimum atomic E-state index is -1.27. The van der Waals surface area contributed by atoms with Crippen molar-refractivity contribution < 1.29 is 18.7 Å². The lowest BCUT2D eigenvalue weighted by Gasteiger charge is -2.33. The van der Waals surface area contributed by atoms with Gasteiger partial charge < -0.3 is 13.9 Å². The van der Waals surface area contributed by atoms with E-state index >= 15 is 0 Å². The van der Waals surface area contributed by atoms with Crippen LogP contribution in [0.25, 0.3) is 0 Å². The lowest BCUT2D eigenvalue weighted by Crippen LogP contribution is -2.48. The molecule has 1 unspecified atom stereocenters. The normalized spacial score (nSPS) is 14.6. The van der Waals surface area contributed by atoms with Crippen LogP contribution in [-0.2, 0) is 15.1 Å². The summed E-state index contributed by atoms with van der Waals surface area (Å²) >= 11 is 5.70. The van der Waals surface area contributed by atoms with Gasteiger partial charge in [0, 0.05) is 7.05 Å². The number of rotatable bonds is 3. The van der Waals surface area contributed by atoms with Gasteiger partial charge in [-0.1, -0.05) is 0 Å². The molecule has 0 saturated carbocycles. The molecule has 0 fully saturated rings. The van der Waals surface area contributed by atoms with Crippen LogP contribution in [0, 0.1) is 0 Å². The summed E-state index contributed by atoms with van der Waals surface area (Å²) in [6.45, 7) is 6.81. The number of aldehydes is 1. The molecule has 19 heavy (non-hydrogen) atoms. The molecule has 106 valence electrons. The van der Waals surface area contributed by atoms with E-state index in [1.807, 2.05) is 0 Å². The summed E-state index contributed by atoms with van der Waals surface area (Å²) in [6, 6.07) is 3.07. The van der Waals surface area contributed by atoms with Crippen molar-refractivity contribution in [3.05, 3.63) is 23.1 Å². The average Bonchev–Trinajstić information content (AvgIpc) is 2.72. The first kappa shape index (κ1) is 15.6. The standard InChI is InChI=1S/C13H18ClNO4/c1-12(2,3)19-11(17)15(5)13(4,8-16)9-6-7-10(14)18-9/h6-8H,1-5H3. The molecule has 5 nitrogen and oxygen atoms in total. The van der Waals surface area contributed by atoms with E-state index < -0.39 is 17.2 Å². The van der Waals surface area contributed by atoms with E-state index in [2.05, 4.69) is 0 Å². The molecular weight excluding hydrogens is 270 g/mol. The summed E-state index contributed by atoms with van der Waals surface area (Å²) in [5.41, 5.74) is -1.91. The van der Waals surface area contributed by atoms with Crippen molar-refractivity contribution in [1.82, 2.24) is 4.90 Å². The molecule has 0 spiro atoms. The number of carbonyl (C=O) groups excluding carboxylic acids is 2. The van der Waals surface area contributed by atoms with Crippen molar-refractivity contribution in [2.45, 2.75) is 38.8 Å². The molecule has 1 heterocycles. The SMILES string of the molecule is CN(C(=O)OC(C)(C)C)C(C)(C=O)c1ccc(Cl)o1. The second-order valence-electron chi connectivity index (χ2n) is 5.41. The fourth-order valence-electron chi connectivity index (χ4n) is 1.41. The van der Waals surface area contributed by atoms with Gasteiger partial charge in [0.1, 0.15) is 11.4 Å². The number of ether oxygens (including phenoxy) is 1. The molecular formula is C13H18ClNO4. The van der Waals surface area contributed by atoms with Crippen molar-refractivity contribution in [2.24, 2.45) is 0 Å². The summed E-state index contributed by atoms with van der Waals surface area (Å²) in [5, 5.41) is 0.153. The zero-order valence-corrected chi connectivity index (χ0v) is 12.4. The lowest BCUT2D eigenvalue weighted by molar-refractivity contribution is -0.118. The fourth-order valence-corrected chi connectivity index (χ4v) is 1.55. The zero-order valence-electron chi connectivity index (χ0n) is 11.7. The Morgan fingerprint density at radius 2 is 1.95 bits per heavy atom. The molecule has 0 aromatic carbocycles. The first-order valence-electron chi connectivity index (χ1n) is 5.79. The first-order chi connectivity index (χ1) is 8.60. The van der Waals surface area contributed by atoms with Gasteiger partial charge in [-0.3, -0.25) is 4.90 Å². The summed E-state index contributed by atoms with van der Waals surface area (Å²) in [7, 11) is 1.47. The summed E-state index contributed by atoms with van der Waals surface area (Å²) < 4.78 is 10.5. The first-order valence-corrected chi connectivity index (χ1v) is 6.17. The van der Waals surface area contributed by atoms with Crippen molar-refractivity contribution in [2.75, 3.05) is 7.05 Å². The molecule has 0 radical (unpaired) electrons. The van der Waals surface area contributed by atoms with Crippen LogP contribution in [-0.4, -0.2) is 29.9 Å². The molecule has 6 heteroatoms. The maximum Gasteiger partial charge on any atom is 0.411 e. The van der Waals surface area contributed by atoms with E-state index in [0.29, 0.717) is 6.29 Å². The van der Waals surface area contributed by atoms with Gasteiger partial charge >= 0.3 is 6.09 Å². The van der Waals surface area contributed by atoms with Crippen LogP contribution in [0.5, 0.6) is 0 Å². The lowest BCUT2D eigenvalue weighted by atomic mass is 10.00. The largest absolute Gasteiger partial charge is 0.447 e. The highest BCUT2D eigenvalue weighted by Gasteiger charge is 2.39. The molecule has 1 aromatic rings. The molecule has 1 rings (SSSR count). The second kappa shape index (κ2) is 5.25. The maximum atomic E-state index is 12.0. The molecule has 0 aliphatic heterocycles. The van der Waals surface area contributed by atoms with Crippen LogP contribution < -0.4 is 0 Å². The van der Waals surface area contributed by atoms with Gasteiger partial charge in [0.2, 0.25) is 0 Å². The van der Waals surface area contributed by atoms with Gasteiger partial charge in [0.05, 0.1) is 0 Å². The maximum absolute atomic E-state index is 12.0. The van der Waals surface area contributed by atoms with Crippen LogP contribution in [0.1, 0.15) is 33.5 Å². The number of hydrogen-bond donors (Lipinski definition) is 0. The molecule has 0 saturated heterocycles. The van der Waals surface area contributed by atoms with Crippen LogP contribution in [0.4, 0.5) is 4.79 Å². The molecule has 1 aromatic heterocycles. The van der Waals surface area contributed by atoms with Gasteiger partial charge in [-0.2, -0.15) is 0 Å². The van der Waals surface area contributed by atoms with E-state index in [-0.39, 0.29) is 11.0 Å². The van der Waals surface area contributed by atoms with Crippen molar-refractivity contribution in [3.63, 3.8) is 0 Å². The Kier molecular flexibility index (Phi) is 4.30. The highest BCUT2D eigenvalue weighted by atomic mass is 35.5. The number of carbonyl (C=O) groups is 2.